The summed E-state index contributed by atoms with van der Waals surface area (Å²) >= 11 is 0. The van der Waals surface area contributed by atoms with Crippen LogP contribution in [0.2, 0.25) is 0 Å². The van der Waals surface area contributed by atoms with Crippen LogP contribution in [0, 0.1) is 6.92 Å². The van der Waals surface area contributed by atoms with Gasteiger partial charge in [0.15, 0.2) is 0 Å². The molecule has 0 amide bonds. The fraction of sp³-hybridized carbons (Fsp3) is 0.105. The molecule has 1 heterocycles. The number of benzene rings is 2. The van der Waals surface area contributed by atoms with Crippen LogP contribution in [0.25, 0.3) is 16.9 Å². The van der Waals surface area contributed by atoms with Crippen LogP contribution in [0.5, 0.6) is 5.75 Å². The van der Waals surface area contributed by atoms with Gasteiger partial charge in [-0.05, 0) is 30.7 Å². The maximum absolute atomic E-state index is 11.6. The van der Waals surface area contributed by atoms with E-state index in [4.69, 9.17) is 4.74 Å². The van der Waals surface area contributed by atoms with Crippen LogP contribution in [0.4, 0.5) is 0 Å². The second kappa shape index (κ2) is 6.01. The molecule has 0 fully saturated rings. The van der Waals surface area contributed by atoms with Crippen LogP contribution in [0.3, 0.4) is 0 Å². The normalized spacial score (nSPS) is 10.5. The summed E-state index contributed by atoms with van der Waals surface area (Å²) in [5.41, 5.74) is 3.55. The molecule has 0 aliphatic carbocycles. The number of hydrogen-bond acceptors (Lipinski definition) is 2. The molecule has 2 aromatic carbocycles. The molecule has 0 unspecified atom stereocenters. The van der Waals surface area contributed by atoms with Gasteiger partial charge in [-0.1, -0.05) is 42.5 Å². The molecular weight excluding hydrogens is 290 g/mol. The van der Waals surface area contributed by atoms with Crippen LogP contribution in [-0.2, 0) is 0 Å². The van der Waals surface area contributed by atoms with Crippen molar-refractivity contribution in [3.63, 3.8) is 0 Å². The zero-order valence-electron chi connectivity index (χ0n) is 13.0. The molecule has 0 bridgehead atoms. The summed E-state index contributed by atoms with van der Waals surface area (Å²) in [6.45, 7) is 1.81. The first-order valence-electron chi connectivity index (χ1n) is 7.28. The Labute approximate surface area is 134 Å². The number of hydrogen-bond donors (Lipinski definition) is 1. The highest BCUT2D eigenvalue weighted by molar-refractivity contribution is 5.91. The molecule has 23 heavy (non-hydrogen) atoms. The van der Waals surface area contributed by atoms with Crippen LogP contribution in [0.15, 0.2) is 60.7 Å². The highest BCUT2D eigenvalue weighted by Gasteiger charge is 2.20. The first-order chi connectivity index (χ1) is 11.1. The van der Waals surface area contributed by atoms with Crippen molar-refractivity contribution >= 4 is 5.97 Å². The third kappa shape index (κ3) is 2.59. The van der Waals surface area contributed by atoms with Crippen molar-refractivity contribution in [1.82, 2.24) is 4.57 Å². The van der Waals surface area contributed by atoms with Crippen LogP contribution >= 0.6 is 0 Å². The molecule has 1 aromatic heterocycles. The SMILES string of the molecule is COc1ccccc1-n1c(-c2ccccc2)cc(C(=O)O)c1C. The second-order valence-electron chi connectivity index (χ2n) is 5.21. The van der Waals surface area contributed by atoms with Gasteiger partial charge in [-0.25, -0.2) is 4.79 Å². The quantitative estimate of drug-likeness (QED) is 0.787. The summed E-state index contributed by atoms with van der Waals surface area (Å²) in [7, 11) is 1.61. The Balaban J connectivity index is 2.33. The summed E-state index contributed by atoms with van der Waals surface area (Å²) in [6, 6.07) is 19.0. The summed E-state index contributed by atoms with van der Waals surface area (Å²) in [5.74, 6) is -0.242. The van der Waals surface area contributed by atoms with E-state index in [2.05, 4.69) is 0 Å². The van der Waals surface area contributed by atoms with E-state index in [-0.39, 0.29) is 5.56 Å². The van der Waals surface area contributed by atoms with Crippen molar-refractivity contribution in [2.45, 2.75) is 6.92 Å². The molecule has 116 valence electrons. The molecule has 0 spiro atoms. The third-order valence-electron chi connectivity index (χ3n) is 3.87. The van der Waals surface area contributed by atoms with E-state index in [0.29, 0.717) is 11.4 Å². The first-order valence-corrected chi connectivity index (χ1v) is 7.28. The number of carboxylic acid groups (broad SMARTS) is 1. The van der Waals surface area contributed by atoms with Gasteiger partial charge in [0.1, 0.15) is 5.75 Å². The summed E-state index contributed by atoms with van der Waals surface area (Å²) in [5, 5.41) is 9.48. The fourth-order valence-corrected chi connectivity index (χ4v) is 2.77. The van der Waals surface area contributed by atoms with Gasteiger partial charge >= 0.3 is 5.97 Å². The Kier molecular flexibility index (Phi) is 3.89. The van der Waals surface area contributed by atoms with Gasteiger partial charge in [-0.3, -0.25) is 0 Å². The minimum Gasteiger partial charge on any atom is -0.495 e. The zero-order valence-corrected chi connectivity index (χ0v) is 13.0. The highest BCUT2D eigenvalue weighted by Crippen LogP contribution is 2.33. The summed E-state index contributed by atoms with van der Waals surface area (Å²) < 4.78 is 7.38. The smallest absolute Gasteiger partial charge is 0.337 e. The minimum absolute atomic E-state index is 0.287. The molecule has 4 heteroatoms. The fourth-order valence-electron chi connectivity index (χ4n) is 2.77. The van der Waals surface area contributed by atoms with E-state index in [1.807, 2.05) is 66.1 Å². The average Bonchev–Trinajstić information content (AvgIpc) is 2.93. The molecule has 3 rings (SSSR count). The molecule has 4 nitrogen and oxygen atoms in total. The Hall–Kier alpha value is -3.01. The number of nitrogens with zero attached hydrogens (tertiary/aromatic N) is 1. The average molecular weight is 307 g/mol. The molecule has 0 aliphatic rings. The number of rotatable bonds is 4. The van der Waals surface area contributed by atoms with Gasteiger partial charge in [0, 0.05) is 5.69 Å². The zero-order chi connectivity index (χ0) is 16.4. The number of carboxylic acids is 1. The van der Waals surface area contributed by atoms with Gasteiger partial charge in [0.05, 0.1) is 24.1 Å². The molecule has 0 saturated heterocycles. The van der Waals surface area contributed by atoms with Crippen molar-refractivity contribution in [2.75, 3.05) is 7.11 Å². The lowest BCUT2D eigenvalue weighted by molar-refractivity contribution is 0.0696. The summed E-state index contributed by atoms with van der Waals surface area (Å²) in [4.78, 5) is 11.6. The Morgan fingerprint density at radius 2 is 1.70 bits per heavy atom. The van der Waals surface area contributed by atoms with E-state index in [1.165, 1.54) is 0 Å². The van der Waals surface area contributed by atoms with Crippen molar-refractivity contribution in [3.8, 4) is 22.7 Å². The largest absolute Gasteiger partial charge is 0.495 e. The Morgan fingerprint density at radius 3 is 2.35 bits per heavy atom. The highest BCUT2D eigenvalue weighted by atomic mass is 16.5. The molecule has 0 saturated carbocycles. The molecular formula is C19H17NO3. The lowest BCUT2D eigenvalue weighted by Gasteiger charge is -2.15. The predicted octanol–water partition coefficient (Wildman–Crippen LogP) is 4.16. The van der Waals surface area contributed by atoms with E-state index < -0.39 is 5.97 Å². The van der Waals surface area contributed by atoms with E-state index in [1.54, 1.807) is 13.2 Å². The number of aromatic nitrogens is 1. The monoisotopic (exact) mass is 307 g/mol. The molecule has 0 aliphatic heterocycles. The van der Waals surface area contributed by atoms with Crippen LogP contribution < -0.4 is 4.74 Å². The van der Waals surface area contributed by atoms with E-state index >= 15 is 0 Å². The lowest BCUT2D eigenvalue weighted by Crippen LogP contribution is -2.04. The maximum Gasteiger partial charge on any atom is 0.337 e. The molecule has 0 radical (unpaired) electrons. The Bertz CT molecular complexity index is 850. The van der Waals surface area contributed by atoms with Gasteiger partial charge in [0.25, 0.3) is 0 Å². The number of carbonyl (C=O) groups is 1. The second-order valence-corrected chi connectivity index (χ2v) is 5.21. The number of para-hydroxylation sites is 2. The van der Waals surface area contributed by atoms with Crippen molar-refractivity contribution in [2.24, 2.45) is 0 Å². The summed E-state index contributed by atoms with van der Waals surface area (Å²) in [6.07, 6.45) is 0. The van der Waals surface area contributed by atoms with E-state index in [9.17, 15) is 9.90 Å². The van der Waals surface area contributed by atoms with Gasteiger partial charge in [-0.15, -0.1) is 0 Å². The maximum atomic E-state index is 11.6. The van der Waals surface area contributed by atoms with Crippen molar-refractivity contribution in [1.29, 1.82) is 0 Å². The van der Waals surface area contributed by atoms with Crippen molar-refractivity contribution < 1.29 is 14.6 Å². The minimum atomic E-state index is -0.937. The number of ether oxygens (including phenoxy) is 1. The van der Waals surface area contributed by atoms with E-state index in [0.717, 1.165) is 16.9 Å². The topological polar surface area (TPSA) is 51.5 Å². The van der Waals surface area contributed by atoms with Crippen LogP contribution in [-0.4, -0.2) is 22.8 Å². The van der Waals surface area contributed by atoms with Crippen LogP contribution in [0.1, 0.15) is 16.1 Å². The van der Waals surface area contributed by atoms with Gasteiger partial charge in [-0.2, -0.15) is 0 Å². The molecule has 3 aromatic rings. The standard InChI is InChI=1S/C19H17NO3/c1-13-15(19(21)22)12-17(14-8-4-3-5-9-14)20(13)16-10-6-7-11-18(16)23-2/h3-12H,1-2H3,(H,21,22). The third-order valence-corrected chi connectivity index (χ3v) is 3.87. The Morgan fingerprint density at radius 1 is 1.04 bits per heavy atom. The van der Waals surface area contributed by atoms with Gasteiger partial charge < -0.3 is 14.4 Å². The number of methoxy groups -OCH3 is 1. The molecule has 1 N–H and O–H groups in total. The van der Waals surface area contributed by atoms with Crippen molar-refractivity contribution in [3.05, 3.63) is 71.9 Å². The number of aromatic carboxylic acids is 1. The molecule has 0 atom stereocenters. The first kappa shape index (κ1) is 14.9. The lowest BCUT2D eigenvalue weighted by atomic mass is 10.1. The van der Waals surface area contributed by atoms with Gasteiger partial charge in [0.2, 0.25) is 0 Å². The predicted molar refractivity (Wildman–Crippen MR) is 89.5 cm³/mol.